The quantitative estimate of drug-likeness (QED) is 0.787. The number of hydrogen-bond donors (Lipinski definition) is 0. The summed E-state index contributed by atoms with van der Waals surface area (Å²) in [6.45, 7) is 13.6. The average Bonchev–Trinajstić information content (AvgIpc) is 2.66. The third-order valence-electron chi connectivity index (χ3n) is 4.00. The minimum atomic E-state index is -0.419. The summed E-state index contributed by atoms with van der Waals surface area (Å²) in [7, 11) is 0. The Labute approximate surface area is 128 Å². The molecule has 2 aliphatic rings. The van der Waals surface area contributed by atoms with Gasteiger partial charge in [-0.25, -0.2) is 4.79 Å². The van der Waals surface area contributed by atoms with Crippen LogP contribution >= 0.6 is 0 Å². The van der Waals surface area contributed by atoms with Crippen molar-refractivity contribution in [2.24, 2.45) is 10.9 Å². The minimum Gasteiger partial charge on any atom is -0.444 e. The van der Waals surface area contributed by atoms with Crippen molar-refractivity contribution >= 4 is 11.9 Å². The topological polar surface area (TPSA) is 45.1 Å². The molecule has 0 spiro atoms. The monoisotopic (exact) mass is 295 g/mol. The first-order valence-corrected chi connectivity index (χ1v) is 8.02. The number of nitrogens with zero attached hydrogens (tertiary/aromatic N) is 3. The molecule has 5 nitrogen and oxygen atoms in total. The lowest BCUT2D eigenvalue weighted by atomic mass is 9.97. The summed E-state index contributed by atoms with van der Waals surface area (Å²) in [6.07, 6.45) is 2.06. The van der Waals surface area contributed by atoms with Gasteiger partial charge in [-0.05, 0) is 53.4 Å². The van der Waals surface area contributed by atoms with Crippen LogP contribution in [0.25, 0.3) is 0 Å². The standard InChI is InChI=1S/C16H29N3O2/c1-12-9-19(13(2)17-12)11-14-7-6-8-18(10-14)15(20)21-16(3,4)5/h12,14H,6-11H2,1-5H3/t12?,14-/m0/s1. The highest BCUT2D eigenvalue weighted by Gasteiger charge is 2.30. The number of aliphatic imine (C=N–C) groups is 1. The first kappa shape index (κ1) is 16.1. The fourth-order valence-electron chi connectivity index (χ4n) is 3.12. The molecule has 1 fully saturated rings. The van der Waals surface area contributed by atoms with Gasteiger partial charge < -0.3 is 14.5 Å². The predicted octanol–water partition coefficient (Wildman–Crippen LogP) is 2.76. The number of likely N-dealkylation sites (tertiary alicyclic amines) is 1. The number of ether oxygens (including phenoxy) is 1. The summed E-state index contributed by atoms with van der Waals surface area (Å²) in [5, 5.41) is 0. The van der Waals surface area contributed by atoms with E-state index in [2.05, 4.69) is 23.7 Å². The molecule has 1 unspecified atom stereocenters. The van der Waals surface area contributed by atoms with E-state index >= 15 is 0 Å². The van der Waals surface area contributed by atoms with E-state index in [-0.39, 0.29) is 6.09 Å². The van der Waals surface area contributed by atoms with Crippen molar-refractivity contribution in [2.75, 3.05) is 26.2 Å². The van der Waals surface area contributed by atoms with Gasteiger partial charge in [-0.2, -0.15) is 0 Å². The number of amidine groups is 1. The van der Waals surface area contributed by atoms with Crippen LogP contribution in [0.15, 0.2) is 4.99 Å². The molecule has 0 aliphatic carbocycles. The molecule has 1 saturated heterocycles. The Kier molecular flexibility index (Phi) is 4.79. The number of carbonyl (C=O) groups is 1. The van der Waals surface area contributed by atoms with Gasteiger partial charge in [-0.15, -0.1) is 0 Å². The van der Waals surface area contributed by atoms with Crippen molar-refractivity contribution in [3.8, 4) is 0 Å². The fourth-order valence-corrected chi connectivity index (χ4v) is 3.12. The summed E-state index contributed by atoms with van der Waals surface area (Å²) < 4.78 is 5.48. The van der Waals surface area contributed by atoms with Crippen LogP contribution in [-0.2, 0) is 4.74 Å². The molecule has 5 heteroatoms. The van der Waals surface area contributed by atoms with E-state index in [0.29, 0.717) is 12.0 Å². The molecule has 2 aliphatic heterocycles. The van der Waals surface area contributed by atoms with Crippen molar-refractivity contribution in [1.82, 2.24) is 9.80 Å². The smallest absolute Gasteiger partial charge is 0.410 e. The normalized spacial score (nSPS) is 26.8. The molecule has 0 N–H and O–H groups in total. The predicted molar refractivity (Wildman–Crippen MR) is 84.7 cm³/mol. The Bertz CT molecular complexity index is 414. The van der Waals surface area contributed by atoms with Crippen LogP contribution in [0.3, 0.4) is 0 Å². The van der Waals surface area contributed by atoms with Gasteiger partial charge in [-0.1, -0.05) is 0 Å². The van der Waals surface area contributed by atoms with Crippen molar-refractivity contribution in [3.63, 3.8) is 0 Å². The van der Waals surface area contributed by atoms with E-state index in [0.717, 1.165) is 38.4 Å². The van der Waals surface area contributed by atoms with E-state index in [9.17, 15) is 4.79 Å². The lowest BCUT2D eigenvalue weighted by Gasteiger charge is -2.36. The highest BCUT2D eigenvalue weighted by molar-refractivity contribution is 5.81. The molecule has 120 valence electrons. The largest absolute Gasteiger partial charge is 0.444 e. The molecule has 2 atom stereocenters. The summed E-state index contributed by atoms with van der Waals surface area (Å²) in [4.78, 5) is 21.0. The summed E-state index contributed by atoms with van der Waals surface area (Å²) in [5.74, 6) is 1.65. The third kappa shape index (κ3) is 4.61. The van der Waals surface area contributed by atoms with Crippen LogP contribution in [0.5, 0.6) is 0 Å². The van der Waals surface area contributed by atoms with E-state index in [1.54, 1.807) is 0 Å². The second kappa shape index (κ2) is 6.24. The minimum absolute atomic E-state index is 0.174. The zero-order valence-electron chi connectivity index (χ0n) is 14.1. The van der Waals surface area contributed by atoms with Crippen LogP contribution in [0, 0.1) is 5.92 Å². The van der Waals surface area contributed by atoms with Gasteiger partial charge in [0.15, 0.2) is 0 Å². The molecular weight excluding hydrogens is 266 g/mol. The Balaban J connectivity index is 1.86. The number of piperidine rings is 1. The summed E-state index contributed by atoms with van der Waals surface area (Å²) >= 11 is 0. The van der Waals surface area contributed by atoms with Gasteiger partial charge >= 0.3 is 6.09 Å². The number of hydrogen-bond acceptors (Lipinski definition) is 4. The average molecular weight is 295 g/mol. The Morgan fingerprint density at radius 3 is 2.67 bits per heavy atom. The van der Waals surface area contributed by atoms with Crippen molar-refractivity contribution < 1.29 is 9.53 Å². The highest BCUT2D eigenvalue weighted by Crippen LogP contribution is 2.21. The SMILES string of the molecule is CC1=NC(C)CN1C[C@H]1CCCN(C(=O)OC(C)(C)C)C1. The van der Waals surface area contributed by atoms with Crippen LogP contribution < -0.4 is 0 Å². The van der Waals surface area contributed by atoms with Gasteiger partial charge in [0, 0.05) is 26.2 Å². The molecule has 2 rings (SSSR count). The molecule has 0 saturated carbocycles. The molecule has 2 heterocycles. The molecule has 21 heavy (non-hydrogen) atoms. The van der Waals surface area contributed by atoms with Gasteiger partial charge in [0.2, 0.25) is 0 Å². The Hall–Kier alpha value is -1.26. The first-order valence-electron chi connectivity index (χ1n) is 8.02. The van der Waals surface area contributed by atoms with Gasteiger partial charge in [0.1, 0.15) is 5.60 Å². The van der Waals surface area contributed by atoms with Crippen molar-refractivity contribution in [1.29, 1.82) is 0 Å². The van der Waals surface area contributed by atoms with Crippen molar-refractivity contribution in [3.05, 3.63) is 0 Å². The number of rotatable bonds is 2. The van der Waals surface area contributed by atoms with Gasteiger partial charge in [0.05, 0.1) is 11.9 Å². The van der Waals surface area contributed by atoms with Crippen molar-refractivity contribution in [2.45, 2.75) is 59.1 Å². The summed E-state index contributed by atoms with van der Waals surface area (Å²) in [5.41, 5.74) is -0.419. The molecule has 1 amide bonds. The second-order valence-corrected chi connectivity index (χ2v) is 7.36. The maximum Gasteiger partial charge on any atom is 0.410 e. The zero-order chi connectivity index (χ0) is 15.6. The van der Waals surface area contributed by atoms with Gasteiger partial charge in [-0.3, -0.25) is 4.99 Å². The molecule has 0 aromatic carbocycles. The molecule has 0 aromatic rings. The van der Waals surface area contributed by atoms with Crippen LogP contribution in [0.4, 0.5) is 4.79 Å². The summed E-state index contributed by atoms with van der Waals surface area (Å²) in [6, 6.07) is 0.399. The van der Waals surface area contributed by atoms with E-state index in [1.165, 1.54) is 6.42 Å². The lowest BCUT2D eigenvalue weighted by Crippen LogP contribution is -2.46. The zero-order valence-corrected chi connectivity index (χ0v) is 14.1. The highest BCUT2D eigenvalue weighted by atomic mass is 16.6. The number of carbonyl (C=O) groups excluding carboxylic acids is 1. The molecular formula is C16H29N3O2. The van der Waals surface area contributed by atoms with Crippen LogP contribution in [0.2, 0.25) is 0 Å². The van der Waals surface area contributed by atoms with E-state index in [1.807, 2.05) is 25.7 Å². The Morgan fingerprint density at radius 2 is 2.10 bits per heavy atom. The molecule has 0 bridgehead atoms. The van der Waals surface area contributed by atoms with Gasteiger partial charge in [0.25, 0.3) is 0 Å². The number of amides is 1. The molecule has 0 aromatic heterocycles. The van der Waals surface area contributed by atoms with Crippen LogP contribution in [-0.4, -0.2) is 59.6 Å². The third-order valence-corrected chi connectivity index (χ3v) is 4.00. The van der Waals surface area contributed by atoms with Crippen LogP contribution in [0.1, 0.15) is 47.5 Å². The maximum atomic E-state index is 12.2. The fraction of sp³-hybridized carbons (Fsp3) is 0.875. The second-order valence-electron chi connectivity index (χ2n) is 7.36. The van der Waals surface area contributed by atoms with E-state index < -0.39 is 5.60 Å². The Morgan fingerprint density at radius 1 is 1.38 bits per heavy atom. The lowest BCUT2D eigenvalue weighted by molar-refractivity contribution is 0.0156. The van der Waals surface area contributed by atoms with E-state index in [4.69, 9.17) is 4.74 Å². The maximum absolute atomic E-state index is 12.2. The molecule has 0 radical (unpaired) electrons. The first-order chi connectivity index (χ1) is 9.74.